The van der Waals surface area contributed by atoms with Crippen molar-refractivity contribution in [1.82, 2.24) is 19.7 Å². The van der Waals surface area contributed by atoms with Crippen molar-refractivity contribution in [3.05, 3.63) is 30.1 Å². The number of amides is 1. The first-order valence-corrected chi connectivity index (χ1v) is 9.41. The number of aromatic nitrogens is 1. The highest BCUT2D eigenvalue weighted by Gasteiger charge is 2.42. The Hall–Kier alpha value is -1.50. The summed E-state index contributed by atoms with van der Waals surface area (Å²) >= 11 is 0. The number of carbonyl (C=O) groups excluding carboxylic acids is 1. The summed E-state index contributed by atoms with van der Waals surface area (Å²) in [7, 11) is 2.11. The minimum absolute atomic E-state index is 0.110. The fourth-order valence-electron chi connectivity index (χ4n) is 4.31. The number of ether oxygens (including phenoxy) is 1. The minimum atomic E-state index is 0.110. The van der Waals surface area contributed by atoms with Gasteiger partial charge in [0.2, 0.25) is 5.91 Å². The molecule has 4 heterocycles. The van der Waals surface area contributed by atoms with Crippen LogP contribution in [0.2, 0.25) is 0 Å². The molecule has 0 spiro atoms. The first kappa shape index (κ1) is 16.9. The standard InChI is InChI=1S/C19H28N4O2/c1-21-6-8-23(9-7-21)19(24)11-17-10-15-12-22(14-18(15)25-17)13-16-4-2-3-5-20-16/h2-5,15,17-18H,6-14H2,1H3/t15-,17-,18+/m0/s1. The smallest absolute Gasteiger partial charge is 0.225 e. The summed E-state index contributed by atoms with van der Waals surface area (Å²) in [6.45, 7) is 6.57. The van der Waals surface area contributed by atoms with Crippen molar-refractivity contribution in [1.29, 1.82) is 0 Å². The SMILES string of the molecule is CN1CCN(C(=O)C[C@@H]2C[C@H]3CN(Cc4ccccn4)C[C@H]3O2)CC1. The number of carbonyl (C=O) groups is 1. The summed E-state index contributed by atoms with van der Waals surface area (Å²) < 4.78 is 6.22. The predicted octanol–water partition coefficient (Wildman–Crippen LogP) is 0.835. The molecule has 1 aromatic heterocycles. The van der Waals surface area contributed by atoms with E-state index in [1.165, 1.54) is 0 Å². The number of likely N-dealkylation sites (N-methyl/N-ethyl adjacent to an activating group) is 1. The largest absolute Gasteiger partial charge is 0.373 e. The lowest BCUT2D eigenvalue weighted by molar-refractivity contribution is -0.135. The Morgan fingerprint density at radius 1 is 1.24 bits per heavy atom. The van der Waals surface area contributed by atoms with Gasteiger partial charge >= 0.3 is 0 Å². The van der Waals surface area contributed by atoms with E-state index in [9.17, 15) is 4.79 Å². The molecule has 25 heavy (non-hydrogen) atoms. The Kier molecular flexibility index (Phi) is 5.01. The van der Waals surface area contributed by atoms with Crippen molar-refractivity contribution in [2.24, 2.45) is 5.92 Å². The van der Waals surface area contributed by atoms with E-state index in [0.717, 1.165) is 57.9 Å². The molecule has 1 amide bonds. The number of nitrogens with zero attached hydrogens (tertiary/aromatic N) is 4. The Balaban J connectivity index is 1.23. The van der Waals surface area contributed by atoms with Crippen molar-refractivity contribution in [2.45, 2.75) is 31.6 Å². The number of pyridine rings is 1. The molecule has 0 unspecified atom stereocenters. The molecule has 3 fully saturated rings. The van der Waals surface area contributed by atoms with Gasteiger partial charge in [-0.05, 0) is 25.6 Å². The lowest BCUT2D eigenvalue weighted by Crippen LogP contribution is -2.47. The van der Waals surface area contributed by atoms with Gasteiger partial charge in [0.25, 0.3) is 0 Å². The number of hydrogen-bond acceptors (Lipinski definition) is 5. The average Bonchev–Trinajstić information content (AvgIpc) is 3.14. The van der Waals surface area contributed by atoms with Crippen LogP contribution in [-0.4, -0.2) is 84.1 Å². The molecule has 4 rings (SSSR count). The van der Waals surface area contributed by atoms with Gasteiger partial charge < -0.3 is 14.5 Å². The van der Waals surface area contributed by atoms with E-state index in [-0.39, 0.29) is 18.1 Å². The second-order valence-corrected chi connectivity index (χ2v) is 7.70. The van der Waals surface area contributed by atoms with Crippen LogP contribution in [0.3, 0.4) is 0 Å². The molecule has 0 bridgehead atoms. The molecule has 0 saturated carbocycles. The third-order valence-electron chi connectivity index (χ3n) is 5.76. The molecule has 3 saturated heterocycles. The first-order chi connectivity index (χ1) is 12.2. The Labute approximate surface area is 149 Å². The molecule has 6 heteroatoms. The van der Waals surface area contributed by atoms with Crippen molar-refractivity contribution in [3.63, 3.8) is 0 Å². The normalized spacial score (nSPS) is 30.6. The number of likely N-dealkylation sites (tertiary alicyclic amines) is 1. The van der Waals surface area contributed by atoms with Crippen LogP contribution in [0.5, 0.6) is 0 Å². The van der Waals surface area contributed by atoms with E-state index in [1.54, 1.807) is 0 Å². The van der Waals surface area contributed by atoms with Gasteiger partial charge in [0, 0.05) is 57.9 Å². The van der Waals surface area contributed by atoms with Gasteiger partial charge in [-0.25, -0.2) is 0 Å². The summed E-state index contributed by atoms with van der Waals surface area (Å²) in [4.78, 5) is 23.6. The highest BCUT2D eigenvalue weighted by Crippen LogP contribution is 2.35. The zero-order valence-corrected chi connectivity index (χ0v) is 15.0. The predicted molar refractivity (Wildman–Crippen MR) is 95.0 cm³/mol. The van der Waals surface area contributed by atoms with E-state index in [0.29, 0.717) is 12.3 Å². The fraction of sp³-hybridized carbons (Fsp3) is 0.684. The number of hydrogen-bond donors (Lipinski definition) is 0. The van der Waals surface area contributed by atoms with Gasteiger partial charge in [0.15, 0.2) is 0 Å². The molecule has 6 nitrogen and oxygen atoms in total. The van der Waals surface area contributed by atoms with Crippen LogP contribution in [0, 0.1) is 5.92 Å². The van der Waals surface area contributed by atoms with E-state index < -0.39 is 0 Å². The number of fused-ring (bicyclic) bond motifs is 1. The maximum absolute atomic E-state index is 12.5. The van der Waals surface area contributed by atoms with E-state index >= 15 is 0 Å². The molecule has 3 atom stereocenters. The van der Waals surface area contributed by atoms with Crippen LogP contribution in [0.25, 0.3) is 0 Å². The molecule has 0 aliphatic carbocycles. The Bertz CT molecular complexity index is 574. The quantitative estimate of drug-likeness (QED) is 0.810. The Morgan fingerprint density at radius 3 is 2.80 bits per heavy atom. The van der Waals surface area contributed by atoms with Crippen molar-refractivity contribution >= 4 is 5.91 Å². The van der Waals surface area contributed by atoms with E-state index in [4.69, 9.17) is 4.74 Å². The maximum Gasteiger partial charge on any atom is 0.225 e. The van der Waals surface area contributed by atoms with Crippen molar-refractivity contribution in [3.8, 4) is 0 Å². The fourth-order valence-corrected chi connectivity index (χ4v) is 4.31. The second kappa shape index (κ2) is 7.40. The van der Waals surface area contributed by atoms with Gasteiger partial charge in [0.05, 0.1) is 24.3 Å². The number of rotatable bonds is 4. The van der Waals surface area contributed by atoms with Crippen LogP contribution >= 0.6 is 0 Å². The third-order valence-corrected chi connectivity index (χ3v) is 5.76. The summed E-state index contributed by atoms with van der Waals surface area (Å²) in [5.41, 5.74) is 1.12. The van der Waals surface area contributed by atoms with Crippen molar-refractivity contribution < 1.29 is 9.53 Å². The molecule has 3 aliphatic heterocycles. The highest BCUT2D eigenvalue weighted by atomic mass is 16.5. The molecular formula is C19H28N4O2. The third kappa shape index (κ3) is 4.02. The van der Waals surface area contributed by atoms with Crippen LogP contribution in [-0.2, 0) is 16.1 Å². The summed E-state index contributed by atoms with van der Waals surface area (Å²) in [6, 6.07) is 6.06. The van der Waals surface area contributed by atoms with E-state index in [2.05, 4.69) is 27.9 Å². The summed E-state index contributed by atoms with van der Waals surface area (Å²) in [6.07, 6.45) is 3.82. The van der Waals surface area contributed by atoms with Crippen LogP contribution in [0.15, 0.2) is 24.4 Å². The average molecular weight is 344 g/mol. The monoisotopic (exact) mass is 344 g/mol. The lowest BCUT2D eigenvalue weighted by Gasteiger charge is -2.33. The zero-order chi connectivity index (χ0) is 17.2. The Morgan fingerprint density at radius 2 is 2.08 bits per heavy atom. The highest BCUT2D eigenvalue weighted by molar-refractivity contribution is 5.76. The summed E-state index contributed by atoms with van der Waals surface area (Å²) in [5.74, 6) is 0.831. The molecule has 3 aliphatic rings. The van der Waals surface area contributed by atoms with Crippen molar-refractivity contribution in [2.75, 3.05) is 46.3 Å². The lowest BCUT2D eigenvalue weighted by atomic mass is 10.0. The molecule has 136 valence electrons. The van der Waals surface area contributed by atoms with Crippen LogP contribution in [0.4, 0.5) is 0 Å². The van der Waals surface area contributed by atoms with Crippen LogP contribution < -0.4 is 0 Å². The number of piperazine rings is 1. The van der Waals surface area contributed by atoms with Gasteiger partial charge in [-0.1, -0.05) is 6.07 Å². The van der Waals surface area contributed by atoms with Gasteiger partial charge in [-0.3, -0.25) is 14.7 Å². The maximum atomic E-state index is 12.5. The minimum Gasteiger partial charge on any atom is -0.373 e. The second-order valence-electron chi connectivity index (χ2n) is 7.70. The molecule has 0 N–H and O–H groups in total. The van der Waals surface area contributed by atoms with Crippen LogP contribution in [0.1, 0.15) is 18.5 Å². The topological polar surface area (TPSA) is 48.9 Å². The van der Waals surface area contributed by atoms with Gasteiger partial charge in [-0.15, -0.1) is 0 Å². The van der Waals surface area contributed by atoms with Gasteiger partial charge in [-0.2, -0.15) is 0 Å². The summed E-state index contributed by atoms with van der Waals surface area (Å²) in [5, 5.41) is 0. The first-order valence-electron chi connectivity index (χ1n) is 9.41. The zero-order valence-electron chi connectivity index (χ0n) is 15.0. The molecular weight excluding hydrogens is 316 g/mol. The van der Waals surface area contributed by atoms with Gasteiger partial charge in [0.1, 0.15) is 0 Å². The molecule has 1 aromatic rings. The van der Waals surface area contributed by atoms with E-state index in [1.807, 2.05) is 23.2 Å². The molecule has 0 radical (unpaired) electrons. The molecule has 0 aromatic carbocycles.